The maximum atomic E-state index is 11.4. The number of hydrogen-bond acceptors (Lipinski definition) is 4. The topological polar surface area (TPSA) is 59.6 Å². The van der Waals surface area contributed by atoms with Crippen LogP contribution >= 0.6 is 0 Å². The molecule has 0 spiro atoms. The Hall–Kier alpha value is -1.33. The van der Waals surface area contributed by atoms with Gasteiger partial charge in [0.25, 0.3) is 0 Å². The number of hydrogen-bond donors (Lipinski definition) is 2. The number of nitrogens with zero attached hydrogens (tertiary/aromatic N) is 2. The van der Waals surface area contributed by atoms with Crippen LogP contribution in [-0.2, 0) is 6.54 Å². The molecule has 1 aromatic rings. The molecular weight excluding hydrogens is 254 g/mol. The molecule has 0 bridgehead atoms. The van der Waals surface area contributed by atoms with E-state index >= 15 is 0 Å². The lowest BCUT2D eigenvalue weighted by Gasteiger charge is -2.32. The number of aromatic amines is 1. The Morgan fingerprint density at radius 2 is 2.10 bits per heavy atom. The molecule has 0 radical (unpaired) electrons. The minimum absolute atomic E-state index is 0.212. The Bertz CT molecular complexity index is 476. The van der Waals surface area contributed by atoms with Gasteiger partial charge in [-0.05, 0) is 58.9 Å². The van der Waals surface area contributed by atoms with Crippen molar-refractivity contribution in [2.24, 2.45) is 5.92 Å². The SMILES string of the molecule is CN(C)CCC1CCN(Cc2cc(=O)c(O)c[nH]2)CC1. The van der Waals surface area contributed by atoms with Gasteiger partial charge in [-0.1, -0.05) is 0 Å². The maximum Gasteiger partial charge on any atom is 0.223 e. The van der Waals surface area contributed by atoms with Crippen molar-refractivity contribution < 1.29 is 5.11 Å². The van der Waals surface area contributed by atoms with Crippen LogP contribution in [0.3, 0.4) is 0 Å². The van der Waals surface area contributed by atoms with E-state index in [1.807, 2.05) is 0 Å². The molecule has 20 heavy (non-hydrogen) atoms. The second kappa shape index (κ2) is 6.90. The second-order valence-corrected chi connectivity index (χ2v) is 6.02. The van der Waals surface area contributed by atoms with Gasteiger partial charge in [0, 0.05) is 24.5 Å². The van der Waals surface area contributed by atoms with Crippen LogP contribution in [0.5, 0.6) is 5.75 Å². The molecule has 1 aromatic heterocycles. The van der Waals surface area contributed by atoms with E-state index in [9.17, 15) is 9.90 Å². The van der Waals surface area contributed by atoms with Gasteiger partial charge in [-0.25, -0.2) is 0 Å². The Morgan fingerprint density at radius 1 is 1.40 bits per heavy atom. The maximum absolute atomic E-state index is 11.4. The van der Waals surface area contributed by atoms with Gasteiger partial charge >= 0.3 is 0 Å². The highest BCUT2D eigenvalue weighted by atomic mass is 16.3. The molecule has 0 amide bonds. The summed E-state index contributed by atoms with van der Waals surface area (Å²) in [6.45, 7) is 4.09. The molecule has 1 fully saturated rings. The molecule has 112 valence electrons. The highest BCUT2D eigenvalue weighted by molar-refractivity contribution is 5.18. The van der Waals surface area contributed by atoms with Crippen molar-refractivity contribution in [2.45, 2.75) is 25.8 Å². The molecule has 0 aromatic carbocycles. The first kappa shape index (κ1) is 15.1. The van der Waals surface area contributed by atoms with E-state index in [-0.39, 0.29) is 11.2 Å². The zero-order valence-corrected chi connectivity index (χ0v) is 12.4. The summed E-state index contributed by atoms with van der Waals surface area (Å²) in [7, 11) is 4.24. The van der Waals surface area contributed by atoms with Crippen LogP contribution in [0, 0.1) is 5.92 Å². The molecule has 0 unspecified atom stereocenters. The average Bonchev–Trinajstić information content (AvgIpc) is 2.42. The summed E-state index contributed by atoms with van der Waals surface area (Å²) in [5.41, 5.74) is 0.569. The summed E-state index contributed by atoms with van der Waals surface area (Å²) >= 11 is 0. The third-order valence-corrected chi connectivity index (χ3v) is 4.04. The van der Waals surface area contributed by atoms with Crippen LogP contribution in [0.1, 0.15) is 25.0 Å². The fourth-order valence-electron chi connectivity index (χ4n) is 2.71. The van der Waals surface area contributed by atoms with Gasteiger partial charge in [0.05, 0.1) is 0 Å². The summed E-state index contributed by atoms with van der Waals surface area (Å²) in [6.07, 6.45) is 5.12. The van der Waals surface area contributed by atoms with Gasteiger partial charge in [0.15, 0.2) is 5.75 Å². The van der Waals surface area contributed by atoms with Crippen LogP contribution in [0.2, 0.25) is 0 Å². The highest BCUT2D eigenvalue weighted by Crippen LogP contribution is 2.21. The number of aromatic nitrogens is 1. The third-order valence-electron chi connectivity index (χ3n) is 4.04. The molecule has 1 saturated heterocycles. The molecule has 0 atom stereocenters. The van der Waals surface area contributed by atoms with Crippen molar-refractivity contribution in [3.8, 4) is 5.75 Å². The van der Waals surface area contributed by atoms with E-state index in [1.54, 1.807) is 0 Å². The number of rotatable bonds is 5. The van der Waals surface area contributed by atoms with E-state index in [1.165, 1.54) is 31.5 Å². The van der Waals surface area contributed by atoms with Crippen molar-refractivity contribution in [3.05, 3.63) is 28.2 Å². The van der Waals surface area contributed by atoms with Crippen LogP contribution in [0.4, 0.5) is 0 Å². The number of pyridine rings is 1. The lowest BCUT2D eigenvalue weighted by atomic mass is 9.93. The fourth-order valence-corrected chi connectivity index (χ4v) is 2.71. The first-order valence-corrected chi connectivity index (χ1v) is 7.32. The summed E-state index contributed by atoms with van der Waals surface area (Å²) < 4.78 is 0. The fraction of sp³-hybridized carbons (Fsp3) is 0.667. The molecule has 5 nitrogen and oxygen atoms in total. The highest BCUT2D eigenvalue weighted by Gasteiger charge is 2.19. The normalized spacial score (nSPS) is 17.8. The molecule has 1 aliphatic heterocycles. The molecular formula is C15H25N3O2. The third kappa shape index (κ3) is 4.35. The van der Waals surface area contributed by atoms with Crippen LogP contribution in [-0.4, -0.2) is 53.6 Å². The van der Waals surface area contributed by atoms with Crippen molar-refractivity contribution in [2.75, 3.05) is 33.7 Å². The standard InChI is InChI=1S/C15H25N3O2/c1-17(2)6-3-12-4-7-18(8-5-12)11-13-9-14(19)15(20)10-16-13/h9-10,12,20H,3-8,11H2,1-2H3,(H,16,19). The zero-order chi connectivity index (χ0) is 14.5. The van der Waals surface area contributed by atoms with Crippen molar-refractivity contribution in [1.82, 2.24) is 14.8 Å². The Kier molecular flexibility index (Phi) is 5.20. The average molecular weight is 279 g/mol. The molecule has 5 heteroatoms. The first-order chi connectivity index (χ1) is 9.54. The number of H-pyrrole nitrogens is 1. The molecule has 2 heterocycles. The van der Waals surface area contributed by atoms with Crippen molar-refractivity contribution in [1.29, 1.82) is 0 Å². The van der Waals surface area contributed by atoms with Gasteiger partial charge in [0.2, 0.25) is 5.43 Å². The molecule has 0 saturated carbocycles. The monoisotopic (exact) mass is 279 g/mol. The van der Waals surface area contributed by atoms with E-state index in [4.69, 9.17) is 0 Å². The summed E-state index contributed by atoms with van der Waals surface area (Å²) in [4.78, 5) is 19.0. The largest absolute Gasteiger partial charge is 0.503 e. The lowest BCUT2D eigenvalue weighted by Crippen LogP contribution is -2.34. The van der Waals surface area contributed by atoms with Gasteiger partial charge in [-0.15, -0.1) is 0 Å². The quantitative estimate of drug-likeness (QED) is 0.851. The van der Waals surface area contributed by atoms with Crippen molar-refractivity contribution in [3.63, 3.8) is 0 Å². The zero-order valence-electron chi connectivity index (χ0n) is 12.4. The summed E-state index contributed by atoms with van der Waals surface area (Å²) in [5.74, 6) is 0.615. The molecule has 0 aliphatic carbocycles. The first-order valence-electron chi connectivity index (χ1n) is 7.32. The minimum atomic E-state index is -0.306. The van der Waals surface area contributed by atoms with Crippen LogP contribution in [0.15, 0.2) is 17.1 Å². The summed E-state index contributed by atoms with van der Waals surface area (Å²) in [5, 5.41) is 9.23. The minimum Gasteiger partial charge on any atom is -0.503 e. The molecule has 2 N–H and O–H groups in total. The molecule has 1 aliphatic rings. The Morgan fingerprint density at radius 3 is 2.70 bits per heavy atom. The van der Waals surface area contributed by atoms with Gasteiger partial charge in [-0.2, -0.15) is 0 Å². The van der Waals surface area contributed by atoms with Gasteiger partial charge in [-0.3, -0.25) is 9.69 Å². The van der Waals surface area contributed by atoms with Gasteiger partial charge in [0.1, 0.15) is 0 Å². The number of likely N-dealkylation sites (tertiary alicyclic amines) is 1. The Balaban J connectivity index is 1.79. The van der Waals surface area contributed by atoms with Crippen molar-refractivity contribution >= 4 is 0 Å². The lowest BCUT2D eigenvalue weighted by molar-refractivity contribution is 0.164. The second-order valence-electron chi connectivity index (χ2n) is 6.02. The van der Waals surface area contributed by atoms with Gasteiger partial charge < -0.3 is 15.0 Å². The smallest absolute Gasteiger partial charge is 0.223 e. The summed E-state index contributed by atoms with van der Waals surface area (Å²) in [6, 6.07) is 1.49. The predicted molar refractivity (Wildman–Crippen MR) is 79.9 cm³/mol. The number of aromatic hydroxyl groups is 1. The molecule has 2 rings (SSSR count). The number of nitrogens with one attached hydrogen (secondary N) is 1. The van der Waals surface area contributed by atoms with E-state index in [2.05, 4.69) is 28.9 Å². The number of piperidine rings is 1. The Labute approximate surface area is 120 Å². The van der Waals surface area contributed by atoms with Crippen LogP contribution in [0.25, 0.3) is 0 Å². The van der Waals surface area contributed by atoms with E-state index in [0.29, 0.717) is 0 Å². The predicted octanol–water partition coefficient (Wildman–Crippen LogP) is 1.24. The van der Waals surface area contributed by atoms with E-state index < -0.39 is 0 Å². The van der Waals surface area contributed by atoms with Crippen LogP contribution < -0.4 is 5.43 Å². The van der Waals surface area contributed by atoms with E-state index in [0.717, 1.165) is 37.8 Å².